The van der Waals surface area contributed by atoms with Crippen molar-refractivity contribution >= 4 is 43.3 Å². The van der Waals surface area contributed by atoms with E-state index in [-0.39, 0.29) is 21.3 Å². The van der Waals surface area contributed by atoms with Crippen molar-refractivity contribution in [2.75, 3.05) is 0 Å². The van der Waals surface area contributed by atoms with Gasteiger partial charge in [-0.25, -0.2) is 13.6 Å². The van der Waals surface area contributed by atoms with Crippen LogP contribution in [0.2, 0.25) is 5.02 Å². The van der Waals surface area contributed by atoms with Crippen molar-refractivity contribution in [1.82, 2.24) is 0 Å². The first kappa shape index (κ1) is 18.8. The van der Waals surface area contributed by atoms with Gasteiger partial charge in [0.15, 0.2) is 5.78 Å². The van der Waals surface area contributed by atoms with Gasteiger partial charge in [0.2, 0.25) is 10.0 Å². The summed E-state index contributed by atoms with van der Waals surface area (Å²) in [4.78, 5) is 12.9. The Balaban J connectivity index is 2.19. The van der Waals surface area contributed by atoms with Crippen LogP contribution in [0.1, 0.15) is 15.9 Å². The lowest BCUT2D eigenvalue weighted by Crippen LogP contribution is -2.14. The molecule has 3 aromatic carbocycles. The normalized spacial score (nSPS) is 11.3. The molecular weight excluding hydrogens is 438 g/mol. The maximum absolute atomic E-state index is 13.1. The number of carbonyl (C=O) groups is 1. The second-order valence-corrected chi connectivity index (χ2v) is 8.34. The largest absolute Gasteiger partial charge is 0.289 e. The Morgan fingerprint density at radius 2 is 1.65 bits per heavy atom. The molecule has 132 valence electrons. The second kappa shape index (κ2) is 7.32. The van der Waals surface area contributed by atoms with E-state index >= 15 is 0 Å². The first-order chi connectivity index (χ1) is 12.3. The van der Waals surface area contributed by atoms with Crippen molar-refractivity contribution in [3.8, 4) is 11.1 Å². The molecule has 3 aromatic rings. The fourth-order valence-corrected chi connectivity index (χ4v) is 4.24. The monoisotopic (exact) mass is 449 g/mol. The number of ketones is 1. The summed E-state index contributed by atoms with van der Waals surface area (Å²) in [5.74, 6) is -0.335. The number of rotatable bonds is 4. The summed E-state index contributed by atoms with van der Waals surface area (Å²) < 4.78 is 24.0. The number of sulfonamides is 1. The van der Waals surface area contributed by atoms with Crippen LogP contribution < -0.4 is 5.14 Å². The molecule has 0 bridgehead atoms. The van der Waals surface area contributed by atoms with E-state index in [2.05, 4.69) is 15.9 Å². The van der Waals surface area contributed by atoms with E-state index in [9.17, 15) is 13.2 Å². The lowest BCUT2D eigenvalue weighted by atomic mass is 9.94. The summed E-state index contributed by atoms with van der Waals surface area (Å²) in [6.07, 6.45) is 0. The molecule has 0 spiro atoms. The molecule has 26 heavy (non-hydrogen) atoms. The molecule has 0 aliphatic carbocycles. The summed E-state index contributed by atoms with van der Waals surface area (Å²) >= 11 is 9.34. The quantitative estimate of drug-likeness (QED) is 0.588. The Bertz CT molecular complexity index is 1100. The number of primary sulfonamides is 1. The van der Waals surface area contributed by atoms with Crippen LogP contribution in [0, 0.1) is 0 Å². The first-order valence-electron chi connectivity index (χ1n) is 7.50. The van der Waals surface area contributed by atoms with Crippen LogP contribution in [0.4, 0.5) is 0 Å². The first-order valence-corrected chi connectivity index (χ1v) is 10.2. The summed E-state index contributed by atoms with van der Waals surface area (Å²) in [6, 6.07) is 18.9. The smallest absolute Gasteiger partial charge is 0.239 e. The van der Waals surface area contributed by atoms with Gasteiger partial charge in [0.05, 0.1) is 5.02 Å². The van der Waals surface area contributed by atoms with Crippen molar-refractivity contribution in [2.45, 2.75) is 4.90 Å². The van der Waals surface area contributed by atoms with E-state index < -0.39 is 10.0 Å². The predicted molar refractivity (Wildman–Crippen MR) is 106 cm³/mol. The maximum Gasteiger partial charge on any atom is 0.239 e. The number of hydrogen-bond donors (Lipinski definition) is 1. The van der Waals surface area contributed by atoms with E-state index in [1.807, 2.05) is 42.5 Å². The van der Waals surface area contributed by atoms with Gasteiger partial charge in [0.25, 0.3) is 0 Å². The molecule has 0 aromatic heterocycles. The Labute approximate surface area is 164 Å². The molecule has 0 fully saturated rings. The third-order valence-electron chi connectivity index (χ3n) is 3.83. The van der Waals surface area contributed by atoms with Crippen LogP contribution in [0.25, 0.3) is 11.1 Å². The molecule has 3 rings (SSSR count). The van der Waals surface area contributed by atoms with E-state index in [1.54, 1.807) is 6.07 Å². The molecule has 0 atom stereocenters. The molecule has 0 radical (unpaired) electrons. The van der Waals surface area contributed by atoms with E-state index in [0.717, 1.165) is 11.1 Å². The highest BCUT2D eigenvalue weighted by molar-refractivity contribution is 9.10. The highest BCUT2D eigenvalue weighted by atomic mass is 79.9. The zero-order chi connectivity index (χ0) is 18.9. The summed E-state index contributed by atoms with van der Waals surface area (Å²) in [7, 11) is -4.04. The highest BCUT2D eigenvalue weighted by Crippen LogP contribution is 2.32. The topological polar surface area (TPSA) is 77.2 Å². The van der Waals surface area contributed by atoms with Crippen molar-refractivity contribution in [1.29, 1.82) is 0 Å². The molecule has 4 nitrogen and oxygen atoms in total. The predicted octanol–water partition coefficient (Wildman–Crippen LogP) is 4.65. The standard InChI is InChI=1S/C19H13BrClNO3S/c20-15-8-4-7-14(12-5-2-1-3-6-12)18(15)19(23)13-9-10-16(21)17(11-13)26(22,24)25/h1-11H,(H2,22,24,25). The highest BCUT2D eigenvalue weighted by Gasteiger charge is 2.21. The maximum atomic E-state index is 13.1. The fraction of sp³-hybridized carbons (Fsp3) is 0. The van der Waals surface area contributed by atoms with Gasteiger partial charge < -0.3 is 0 Å². The fourth-order valence-electron chi connectivity index (χ4n) is 2.62. The molecule has 0 aliphatic rings. The summed E-state index contributed by atoms with van der Waals surface area (Å²) in [5, 5.41) is 5.16. The van der Waals surface area contributed by atoms with Gasteiger partial charge in [0, 0.05) is 15.6 Å². The Morgan fingerprint density at radius 3 is 2.31 bits per heavy atom. The van der Waals surface area contributed by atoms with Crippen LogP contribution >= 0.6 is 27.5 Å². The number of nitrogens with two attached hydrogens (primary N) is 1. The molecule has 0 saturated carbocycles. The van der Waals surface area contributed by atoms with Gasteiger partial charge >= 0.3 is 0 Å². The van der Waals surface area contributed by atoms with Crippen LogP contribution in [0.5, 0.6) is 0 Å². The lowest BCUT2D eigenvalue weighted by molar-refractivity contribution is 0.103. The zero-order valence-electron chi connectivity index (χ0n) is 13.3. The summed E-state index contributed by atoms with van der Waals surface area (Å²) in [6.45, 7) is 0. The molecule has 0 aliphatic heterocycles. The number of benzene rings is 3. The average molecular weight is 451 g/mol. The third-order valence-corrected chi connectivity index (χ3v) is 5.88. The Hall–Kier alpha value is -1.99. The number of halogens is 2. The van der Waals surface area contributed by atoms with Crippen LogP contribution in [-0.2, 0) is 10.0 Å². The van der Waals surface area contributed by atoms with E-state index in [0.29, 0.717) is 10.0 Å². The molecule has 7 heteroatoms. The van der Waals surface area contributed by atoms with Crippen molar-refractivity contribution in [2.24, 2.45) is 5.14 Å². The summed E-state index contributed by atoms with van der Waals surface area (Å²) in [5.41, 5.74) is 2.22. The van der Waals surface area contributed by atoms with E-state index in [1.165, 1.54) is 18.2 Å². The van der Waals surface area contributed by atoms with Gasteiger partial charge in [0.1, 0.15) is 4.90 Å². The molecule has 0 heterocycles. The van der Waals surface area contributed by atoms with Crippen LogP contribution in [0.3, 0.4) is 0 Å². The minimum atomic E-state index is -4.04. The van der Waals surface area contributed by atoms with Crippen LogP contribution in [0.15, 0.2) is 76.1 Å². The Morgan fingerprint density at radius 1 is 0.962 bits per heavy atom. The number of carbonyl (C=O) groups excluding carboxylic acids is 1. The van der Waals surface area contributed by atoms with Crippen molar-refractivity contribution < 1.29 is 13.2 Å². The third kappa shape index (κ3) is 3.73. The van der Waals surface area contributed by atoms with Gasteiger partial charge in [-0.1, -0.05) is 70.0 Å². The molecule has 0 saturated heterocycles. The molecule has 0 amide bonds. The van der Waals surface area contributed by atoms with Gasteiger partial charge in [-0.2, -0.15) is 0 Å². The zero-order valence-corrected chi connectivity index (χ0v) is 16.5. The lowest BCUT2D eigenvalue weighted by Gasteiger charge is -2.12. The van der Waals surface area contributed by atoms with Gasteiger partial charge in [-0.3, -0.25) is 4.79 Å². The minimum absolute atomic E-state index is 0.0283. The Kier molecular flexibility index (Phi) is 5.29. The molecular formula is C19H13BrClNO3S. The van der Waals surface area contributed by atoms with Gasteiger partial charge in [-0.05, 0) is 35.4 Å². The second-order valence-electron chi connectivity index (χ2n) is 5.55. The number of hydrogen-bond acceptors (Lipinski definition) is 3. The van der Waals surface area contributed by atoms with Crippen LogP contribution in [-0.4, -0.2) is 14.2 Å². The minimum Gasteiger partial charge on any atom is -0.289 e. The van der Waals surface area contributed by atoms with E-state index in [4.69, 9.17) is 16.7 Å². The van der Waals surface area contributed by atoms with Crippen molar-refractivity contribution in [3.05, 3.63) is 87.4 Å². The molecule has 0 unspecified atom stereocenters. The van der Waals surface area contributed by atoms with Crippen molar-refractivity contribution in [3.63, 3.8) is 0 Å². The SMILES string of the molecule is NS(=O)(=O)c1cc(C(=O)c2c(Br)cccc2-c2ccccc2)ccc1Cl. The average Bonchev–Trinajstić information content (AvgIpc) is 2.61. The van der Waals surface area contributed by atoms with Gasteiger partial charge in [-0.15, -0.1) is 0 Å². The molecule has 2 N–H and O–H groups in total.